The van der Waals surface area contributed by atoms with Crippen molar-refractivity contribution in [3.63, 3.8) is 0 Å². The molecule has 1 aliphatic rings. The van der Waals surface area contributed by atoms with Crippen LogP contribution in [0.4, 0.5) is 18.9 Å². The molecule has 202 valence electrons. The van der Waals surface area contributed by atoms with Gasteiger partial charge in [-0.1, -0.05) is 24.3 Å². The normalized spacial score (nSPS) is 12.2. The molecular formula is C26H21F3N4O6. The number of hydrogen-bond acceptors (Lipinski definition) is 7. The number of amides is 3. The molecule has 4 rings (SSSR count). The molecule has 3 amide bonds. The van der Waals surface area contributed by atoms with Crippen LogP contribution in [0.3, 0.4) is 0 Å². The van der Waals surface area contributed by atoms with Gasteiger partial charge in [-0.2, -0.15) is 18.3 Å². The molecule has 3 N–H and O–H groups in total. The molecule has 0 unspecified atom stereocenters. The quantitative estimate of drug-likeness (QED) is 0.228. The Labute approximate surface area is 219 Å². The Balaban J connectivity index is 1.26. The summed E-state index contributed by atoms with van der Waals surface area (Å²) in [4.78, 5) is 36.3. The first-order valence-electron chi connectivity index (χ1n) is 11.4. The molecule has 0 atom stereocenters. The van der Waals surface area contributed by atoms with Gasteiger partial charge in [0, 0.05) is 17.8 Å². The van der Waals surface area contributed by atoms with Crippen molar-refractivity contribution >= 4 is 29.6 Å². The van der Waals surface area contributed by atoms with Crippen LogP contribution < -0.4 is 30.3 Å². The van der Waals surface area contributed by atoms with Crippen molar-refractivity contribution in [2.45, 2.75) is 12.7 Å². The van der Waals surface area contributed by atoms with Crippen LogP contribution in [-0.4, -0.2) is 37.3 Å². The van der Waals surface area contributed by atoms with E-state index in [1.165, 1.54) is 24.4 Å². The van der Waals surface area contributed by atoms with Crippen LogP contribution in [0.1, 0.15) is 16.7 Å². The Morgan fingerprint density at radius 1 is 0.949 bits per heavy atom. The number of benzene rings is 3. The molecule has 0 aliphatic carbocycles. The first-order valence-corrected chi connectivity index (χ1v) is 11.4. The third-order valence-electron chi connectivity index (χ3n) is 5.22. The highest BCUT2D eigenvalue weighted by atomic mass is 19.4. The van der Waals surface area contributed by atoms with E-state index in [2.05, 4.69) is 21.2 Å². The first kappa shape index (κ1) is 27.0. The second-order valence-electron chi connectivity index (χ2n) is 8.02. The Morgan fingerprint density at radius 2 is 1.74 bits per heavy atom. The first-order chi connectivity index (χ1) is 18.7. The second-order valence-corrected chi connectivity index (χ2v) is 8.02. The van der Waals surface area contributed by atoms with Gasteiger partial charge in [0.15, 0.2) is 18.1 Å². The molecule has 39 heavy (non-hydrogen) atoms. The molecule has 0 saturated carbocycles. The lowest BCUT2D eigenvalue weighted by Gasteiger charge is -2.11. The molecule has 0 radical (unpaired) electrons. The maximum Gasteiger partial charge on any atom is 0.416 e. The molecule has 0 fully saturated rings. The van der Waals surface area contributed by atoms with Gasteiger partial charge in [0.1, 0.15) is 5.75 Å². The van der Waals surface area contributed by atoms with Gasteiger partial charge in [-0.25, -0.2) is 5.43 Å². The average Bonchev–Trinajstić information content (AvgIpc) is 3.39. The highest BCUT2D eigenvalue weighted by Crippen LogP contribution is 2.32. The van der Waals surface area contributed by atoms with Crippen molar-refractivity contribution in [1.29, 1.82) is 0 Å². The number of ether oxygens (including phenoxy) is 3. The van der Waals surface area contributed by atoms with Gasteiger partial charge in [-0.3, -0.25) is 14.4 Å². The fraction of sp³-hybridized carbons (Fsp3) is 0.154. The number of carbonyl (C=O) groups is 3. The molecule has 3 aromatic rings. The molecule has 0 saturated heterocycles. The van der Waals surface area contributed by atoms with Crippen LogP contribution in [-0.2, 0) is 27.1 Å². The Hall–Kier alpha value is -5.07. The fourth-order valence-electron chi connectivity index (χ4n) is 3.36. The molecule has 0 spiro atoms. The number of para-hydroxylation sites is 1. The third-order valence-corrected chi connectivity index (χ3v) is 5.22. The Morgan fingerprint density at radius 3 is 2.56 bits per heavy atom. The van der Waals surface area contributed by atoms with Crippen molar-refractivity contribution < 1.29 is 41.8 Å². The topological polar surface area (TPSA) is 127 Å². The zero-order valence-electron chi connectivity index (χ0n) is 20.1. The number of nitrogens with one attached hydrogen (secondary N) is 3. The van der Waals surface area contributed by atoms with Gasteiger partial charge in [-0.05, 0) is 48.0 Å². The standard InChI is InChI=1S/C26H21F3N4O6/c27-26(28,29)18-5-3-6-19(11-18)32-23(34)14-37-20-7-2-1-4-17(20)13-31-33-25(36)24(35)30-12-16-8-9-21-22(10-16)39-15-38-21/h1-11,13H,12,14-15H2,(H,30,35)(H,32,34)(H,33,36). The lowest BCUT2D eigenvalue weighted by atomic mass is 10.2. The summed E-state index contributed by atoms with van der Waals surface area (Å²) in [5.74, 6) is -1.26. The lowest BCUT2D eigenvalue weighted by Crippen LogP contribution is -2.37. The number of halogens is 3. The average molecular weight is 542 g/mol. The molecule has 0 aromatic heterocycles. The Kier molecular flexibility index (Phi) is 8.29. The second kappa shape index (κ2) is 12.0. The van der Waals surface area contributed by atoms with E-state index in [4.69, 9.17) is 14.2 Å². The highest BCUT2D eigenvalue weighted by molar-refractivity contribution is 6.35. The third kappa shape index (κ3) is 7.47. The van der Waals surface area contributed by atoms with Gasteiger partial charge in [0.2, 0.25) is 6.79 Å². The molecule has 0 bridgehead atoms. The van der Waals surface area contributed by atoms with Gasteiger partial charge < -0.3 is 24.8 Å². The summed E-state index contributed by atoms with van der Waals surface area (Å²) in [7, 11) is 0. The SMILES string of the molecule is O=C(COc1ccccc1C=NNC(=O)C(=O)NCc1ccc2c(c1)OCO2)Nc1cccc(C(F)(F)F)c1. The molecule has 10 nitrogen and oxygen atoms in total. The summed E-state index contributed by atoms with van der Waals surface area (Å²) >= 11 is 0. The monoisotopic (exact) mass is 542 g/mol. The summed E-state index contributed by atoms with van der Waals surface area (Å²) in [6, 6.07) is 15.7. The zero-order chi connectivity index (χ0) is 27.8. The van der Waals surface area contributed by atoms with Crippen molar-refractivity contribution in [1.82, 2.24) is 10.7 Å². The zero-order valence-corrected chi connectivity index (χ0v) is 20.1. The minimum absolute atomic E-state index is 0.0345. The van der Waals surface area contributed by atoms with Crippen LogP contribution in [0.15, 0.2) is 71.8 Å². The summed E-state index contributed by atoms with van der Waals surface area (Å²) in [5, 5.41) is 8.54. The number of hydrazone groups is 1. The number of alkyl halides is 3. The smallest absolute Gasteiger partial charge is 0.416 e. The van der Waals surface area contributed by atoms with E-state index in [9.17, 15) is 27.6 Å². The van der Waals surface area contributed by atoms with Crippen LogP contribution in [0.5, 0.6) is 17.2 Å². The lowest BCUT2D eigenvalue weighted by molar-refractivity contribution is -0.139. The summed E-state index contributed by atoms with van der Waals surface area (Å²) < 4.78 is 54.5. The summed E-state index contributed by atoms with van der Waals surface area (Å²) in [5.41, 5.74) is 2.23. The Bertz CT molecular complexity index is 1410. The van der Waals surface area contributed by atoms with Crippen LogP contribution in [0, 0.1) is 0 Å². The van der Waals surface area contributed by atoms with Crippen molar-refractivity contribution in [3.05, 3.63) is 83.4 Å². The minimum atomic E-state index is -4.54. The molecule has 13 heteroatoms. The minimum Gasteiger partial charge on any atom is -0.483 e. The van der Waals surface area contributed by atoms with E-state index < -0.39 is 36.1 Å². The summed E-state index contributed by atoms with van der Waals surface area (Å²) in [6.07, 6.45) is -3.33. The summed E-state index contributed by atoms with van der Waals surface area (Å²) in [6.45, 7) is -0.311. The van der Waals surface area contributed by atoms with Gasteiger partial charge in [0.25, 0.3) is 5.91 Å². The van der Waals surface area contributed by atoms with Crippen molar-refractivity contribution in [2.75, 3.05) is 18.7 Å². The van der Waals surface area contributed by atoms with E-state index >= 15 is 0 Å². The van der Waals surface area contributed by atoms with Gasteiger partial charge >= 0.3 is 18.0 Å². The molecule has 1 heterocycles. The molecule has 3 aromatic carbocycles. The maximum atomic E-state index is 12.9. The highest BCUT2D eigenvalue weighted by Gasteiger charge is 2.30. The van der Waals surface area contributed by atoms with E-state index in [-0.39, 0.29) is 24.8 Å². The number of carbonyl (C=O) groups excluding carboxylic acids is 3. The fourth-order valence-corrected chi connectivity index (χ4v) is 3.36. The number of anilines is 1. The van der Waals surface area contributed by atoms with Crippen molar-refractivity contribution in [3.8, 4) is 17.2 Å². The van der Waals surface area contributed by atoms with Crippen LogP contribution >= 0.6 is 0 Å². The van der Waals surface area contributed by atoms with Crippen molar-refractivity contribution in [2.24, 2.45) is 5.10 Å². The van der Waals surface area contributed by atoms with E-state index in [0.29, 0.717) is 22.6 Å². The maximum absolute atomic E-state index is 12.9. The van der Waals surface area contributed by atoms with E-state index in [0.717, 1.165) is 12.1 Å². The number of fused-ring (bicyclic) bond motifs is 1. The number of rotatable bonds is 8. The number of nitrogens with zero attached hydrogens (tertiary/aromatic N) is 1. The van der Waals surface area contributed by atoms with Crippen LogP contribution in [0.25, 0.3) is 0 Å². The van der Waals surface area contributed by atoms with Gasteiger partial charge in [-0.15, -0.1) is 0 Å². The predicted molar refractivity (Wildman–Crippen MR) is 132 cm³/mol. The number of hydrogen-bond donors (Lipinski definition) is 3. The largest absolute Gasteiger partial charge is 0.483 e. The molecular weight excluding hydrogens is 521 g/mol. The predicted octanol–water partition coefficient (Wildman–Crippen LogP) is 3.22. The van der Waals surface area contributed by atoms with Gasteiger partial charge in [0.05, 0.1) is 11.8 Å². The van der Waals surface area contributed by atoms with E-state index in [1.807, 2.05) is 0 Å². The van der Waals surface area contributed by atoms with Crippen LogP contribution in [0.2, 0.25) is 0 Å². The molecule has 1 aliphatic heterocycles. The van der Waals surface area contributed by atoms with E-state index in [1.54, 1.807) is 36.4 Å².